The Balaban J connectivity index is -0.000000314. The summed E-state index contributed by atoms with van der Waals surface area (Å²) >= 11 is 0. The van der Waals surface area contributed by atoms with Gasteiger partial charge in [-0.15, -0.1) is 0 Å². The zero-order valence-electron chi connectivity index (χ0n) is 22.4. The van der Waals surface area contributed by atoms with Gasteiger partial charge in [-0.05, 0) is 0 Å². The van der Waals surface area contributed by atoms with E-state index >= 15 is 0 Å². The largest absolute Gasteiger partial charge is 0.544 e. The first-order chi connectivity index (χ1) is 17.7. The van der Waals surface area contributed by atoms with Gasteiger partial charge in [0.2, 0.25) is 0 Å². The molecule has 0 aromatic heterocycles. The molecule has 244 valence electrons. The van der Waals surface area contributed by atoms with Crippen molar-refractivity contribution in [1.29, 1.82) is 0 Å². The molecule has 22 heteroatoms. The molecular formula is C20H33FeN5O16-2. The number of carboxylic acids is 4. The summed E-state index contributed by atoms with van der Waals surface area (Å²) < 4.78 is 16.9. The van der Waals surface area contributed by atoms with Crippen molar-refractivity contribution in [2.45, 2.75) is 0 Å². The fourth-order valence-corrected chi connectivity index (χ4v) is 3.67. The molecule has 2 rings (SSSR count). The Bertz CT molecular complexity index is 826. The van der Waals surface area contributed by atoms with Crippen LogP contribution in [0.3, 0.4) is 0 Å². The fraction of sp³-hybridized carbons (Fsp3) is 0.600. The summed E-state index contributed by atoms with van der Waals surface area (Å²) in [4.78, 5) is 88.6. The third kappa shape index (κ3) is 17.7. The summed E-state index contributed by atoms with van der Waals surface area (Å²) in [5, 5.41) is 42.8. The van der Waals surface area contributed by atoms with Crippen molar-refractivity contribution in [2.24, 2.45) is 0 Å². The zero-order chi connectivity index (χ0) is 28.9. The minimum atomic E-state index is -1.60. The van der Waals surface area contributed by atoms with Gasteiger partial charge < -0.3 is 77.0 Å². The van der Waals surface area contributed by atoms with Crippen LogP contribution >= 0.6 is 0 Å². The number of esters is 4. The van der Waals surface area contributed by atoms with Crippen molar-refractivity contribution in [3.63, 3.8) is 0 Å². The van der Waals surface area contributed by atoms with Crippen LogP contribution in [0.25, 0.3) is 0 Å². The van der Waals surface area contributed by atoms with Crippen LogP contribution < -0.4 is 38.9 Å². The van der Waals surface area contributed by atoms with E-state index in [1.807, 2.05) is 0 Å². The molecule has 0 aromatic rings. The molecule has 2 saturated heterocycles. The molecule has 0 spiro atoms. The van der Waals surface area contributed by atoms with E-state index in [4.69, 9.17) is 0 Å². The number of rotatable bonds is 8. The summed E-state index contributed by atoms with van der Waals surface area (Å²) in [6.07, 6.45) is 0. The predicted octanol–water partition coefficient (Wildman–Crippen LogP) is -8.71. The first-order valence-electron chi connectivity index (χ1n) is 10.8. The minimum Gasteiger partial charge on any atom is -0.544 e. The summed E-state index contributed by atoms with van der Waals surface area (Å²) in [7, 11) is 0. The van der Waals surface area contributed by atoms with Gasteiger partial charge in [-0.25, -0.2) is 19.2 Å². The molecule has 9 N–H and O–H groups in total. The number of carbonyl (C=O) groups excluding carboxylic acids is 8. The van der Waals surface area contributed by atoms with Crippen LogP contribution in [0.15, 0.2) is 0 Å². The normalized spacial score (nSPS) is 17.5. The molecule has 0 unspecified atom stereocenters. The van der Waals surface area contributed by atoms with Gasteiger partial charge in [-0.3, -0.25) is 8.97 Å². The van der Waals surface area contributed by atoms with Crippen LogP contribution in [0.5, 0.6) is 0 Å². The Labute approximate surface area is 249 Å². The van der Waals surface area contributed by atoms with Gasteiger partial charge in [0.15, 0.2) is 26.2 Å². The molecule has 0 saturated carbocycles. The molecule has 0 aromatic carbocycles. The molecule has 0 atom stereocenters. The third-order valence-corrected chi connectivity index (χ3v) is 4.93. The smallest absolute Gasteiger partial charge is 0.361 e. The van der Waals surface area contributed by atoms with Crippen LogP contribution in [-0.2, 0) is 74.4 Å². The Kier molecular flexibility index (Phi) is 22.4. The average Bonchev–Trinajstić information content (AvgIpc) is 2.82. The molecule has 2 fully saturated rings. The second-order valence-electron chi connectivity index (χ2n) is 8.32. The number of ether oxygens (including phenoxy) is 4. The molecule has 2 aliphatic heterocycles. The van der Waals surface area contributed by atoms with Gasteiger partial charge in [0.25, 0.3) is 0 Å². The van der Waals surface area contributed by atoms with Gasteiger partial charge in [0, 0.05) is 17.1 Å². The zero-order valence-corrected chi connectivity index (χ0v) is 23.5. The molecule has 42 heavy (non-hydrogen) atoms. The number of quaternary nitrogens is 2. The van der Waals surface area contributed by atoms with E-state index < -0.39 is 109 Å². The standard InChI is InChI=1S/2C10H13NO8.Fe.3H3N/c2*12-7(13)3-11(4-8(14)15)5-9(16)18-1-2-19-10(17)6-11;;;;/h2*1-6H2,(H-,12,13,14,15);;3*1H3/p-2. The van der Waals surface area contributed by atoms with Crippen LogP contribution in [0.2, 0.25) is 0 Å². The first kappa shape index (κ1) is 45.1. The number of carboxylic acid groups (broad SMARTS) is 4. The molecule has 2 aliphatic rings. The second-order valence-corrected chi connectivity index (χ2v) is 8.32. The van der Waals surface area contributed by atoms with E-state index in [0.717, 1.165) is 0 Å². The molecule has 0 aliphatic carbocycles. The van der Waals surface area contributed by atoms with E-state index in [2.05, 4.69) is 18.9 Å². The van der Waals surface area contributed by atoms with E-state index in [0.29, 0.717) is 0 Å². The van der Waals surface area contributed by atoms with Gasteiger partial charge >= 0.3 is 23.9 Å². The summed E-state index contributed by atoms with van der Waals surface area (Å²) in [6.45, 7) is -6.35. The van der Waals surface area contributed by atoms with Gasteiger partial charge in [0.1, 0.15) is 52.6 Å². The Morgan fingerprint density at radius 1 is 0.476 bits per heavy atom. The van der Waals surface area contributed by atoms with Crippen molar-refractivity contribution in [3.8, 4) is 0 Å². The minimum absolute atomic E-state index is 0. The van der Waals surface area contributed by atoms with Gasteiger partial charge in [-0.2, -0.15) is 0 Å². The fourth-order valence-electron chi connectivity index (χ4n) is 3.67. The Morgan fingerprint density at radius 3 is 0.786 bits per heavy atom. The number of aliphatic carboxylic acids is 4. The molecule has 0 radical (unpaired) electrons. The topological polar surface area (TPSA) is 371 Å². The maximum Gasteiger partial charge on any atom is 0.361 e. The number of hydrogen-bond acceptors (Lipinski definition) is 19. The average molecular weight is 655 g/mol. The summed E-state index contributed by atoms with van der Waals surface area (Å²) in [5.74, 6) is -9.66. The van der Waals surface area contributed by atoms with Crippen molar-refractivity contribution >= 4 is 47.8 Å². The van der Waals surface area contributed by atoms with Crippen molar-refractivity contribution < 1.29 is 104 Å². The second kappa shape index (κ2) is 20.9. The van der Waals surface area contributed by atoms with Gasteiger partial charge in [-0.1, -0.05) is 0 Å². The summed E-state index contributed by atoms with van der Waals surface area (Å²) in [6, 6.07) is 0. The van der Waals surface area contributed by atoms with Gasteiger partial charge in [0.05, 0.1) is 23.9 Å². The van der Waals surface area contributed by atoms with E-state index in [-0.39, 0.29) is 61.9 Å². The predicted molar refractivity (Wildman–Crippen MR) is 118 cm³/mol. The number of carbonyl (C=O) groups is 8. The maximum atomic E-state index is 11.4. The molecular weight excluding hydrogens is 622 g/mol. The summed E-state index contributed by atoms with van der Waals surface area (Å²) in [5.41, 5.74) is 0. The number of nitrogens with zero attached hydrogens (tertiary/aromatic N) is 2. The molecule has 21 nitrogen and oxygen atoms in total. The van der Waals surface area contributed by atoms with E-state index in [9.17, 15) is 58.8 Å². The van der Waals surface area contributed by atoms with Crippen molar-refractivity contribution in [2.75, 3.05) is 78.8 Å². The van der Waals surface area contributed by atoms with Crippen molar-refractivity contribution in [1.82, 2.24) is 18.5 Å². The molecule has 0 bridgehead atoms. The first-order valence-corrected chi connectivity index (χ1v) is 10.8. The van der Waals surface area contributed by atoms with Crippen LogP contribution in [0.4, 0.5) is 0 Å². The SMILES string of the molecule is N.N.N.O=C([O-])C[N+]1(CC(=O)[O-])CC(=O)OCCOC(=O)C1.O=C([O-])C[N+]1(CC(=O)[O-])CC(=O)OCCOC(=O)C1.[Fe]. The van der Waals surface area contributed by atoms with E-state index in [1.165, 1.54) is 0 Å². The Hall–Kier alpha value is -3.92. The molecule has 0 amide bonds. The quantitative estimate of drug-likeness (QED) is 0.0945. The monoisotopic (exact) mass is 655 g/mol. The van der Waals surface area contributed by atoms with Crippen LogP contribution in [-0.4, -0.2) is 136 Å². The third-order valence-electron chi connectivity index (χ3n) is 4.93. The van der Waals surface area contributed by atoms with E-state index in [1.54, 1.807) is 0 Å². The van der Waals surface area contributed by atoms with Crippen LogP contribution in [0, 0.1) is 0 Å². The Morgan fingerprint density at radius 2 is 0.643 bits per heavy atom. The van der Waals surface area contributed by atoms with Crippen molar-refractivity contribution in [3.05, 3.63) is 0 Å². The van der Waals surface area contributed by atoms with Crippen LogP contribution in [0.1, 0.15) is 0 Å². The number of cyclic esters (lactones) is 4. The number of hydrogen-bond donors (Lipinski definition) is 3. The maximum absolute atomic E-state index is 11.4. The molecule has 2 heterocycles.